The molecule has 0 aliphatic carbocycles. The summed E-state index contributed by atoms with van der Waals surface area (Å²) in [6.07, 6.45) is 0. The molecule has 0 aromatic heterocycles. The SMILES string of the molecule is COCCN(Cc1cccc(OS(=O)(=O)C(C)C)c1)C(=O)NC(C)(C)C. The lowest BCUT2D eigenvalue weighted by atomic mass is 10.1. The van der Waals surface area contributed by atoms with Crippen molar-refractivity contribution in [3.8, 4) is 5.75 Å². The minimum absolute atomic E-state index is 0.212. The van der Waals surface area contributed by atoms with Crippen LogP contribution in [0.25, 0.3) is 0 Å². The number of nitrogens with one attached hydrogen (secondary N) is 1. The molecule has 0 aliphatic rings. The second kappa shape index (κ2) is 9.23. The van der Waals surface area contributed by atoms with Gasteiger partial charge in [0.15, 0.2) is 0 Å². The Morgan fingerprint density at radius 3 is 2.46 bits per heavy atom. The number of urea groups is 1. The minimum atomic E-state index is -3.66. The van der Waals surface area contributed by atoms with E-state index >= 15 is 0 Å². The summed E-state index contributed by atoms with van der Waals surface area (Å²) in [5.41, 5.74) is 0.403. The first kappa shape index (κ1) is 22.2. The molecule has 8 heteroatoms. The van der Waals surface area contributed by atoms with Gasteiger partial charge in [-0.25, -0.2) is 4.79 Å². The normalized spacial score (nSPS) is 12.1. The van der Waals surface area contributed by atoms with Crippen LogP contribution in [0.3, 0.4) is 0 Å². The Labute approximate surface area is 156 Å². The van der Waals surface area contributed by atoms with Crippen LogP contribution >= 0.6 is 0 Å². The number of amides is 2. The second-order valence-corrected chi connectivity index (χ2v) is 9.46. The predicted molar refractivity (Wildman–Crippen MR) is 102 cm³/mol. The number of hydrogen-bond donors (Lipinski definition) is 1. The summed E-state index contributed by atoms with van der Waals surface area (Å²) in [7, 11) is -2.09. The molecule has 0 heterocycles. The summed E-state index contributed by atoms with van der Waals surface area (Å²) in [5.74, 6) is 0.235. The Balaban J connectivity index is 2.94. The average Bonchev–Trinajstić information content (AvgIpc) is 2.49. The van der Waals surface area contributed by atoms with Gasteiger partial charge >= 0.3 is 16.1 Å². The van der Waals surface area contributed by atoms with E-state index in [1.54, 1.807) is 44.1 Å². The van der Waals surface area contributed by atoms with Gasteiger partial charge in [-0.15, -0.1) is 0 Å². The Hall–Kier alpha value is -1.80. The maximum absolute atomic E-state index is 12.5. The molecule has 0 aliphatic heterocycles. The van der Waals surface area contributed by atoms with E-state index in [2.05, 4.69) is 5.32 Å². The predicted octanol–water partition coefficient (Wildman–Crippen LogP) is 2.76. The van der Waals surface area contributed by atoms with Crippen LogP contribution < -0.4 is 9.50 Å². The molecule has 0 saturated heterocycles. The zero-order valence-corrected chi connectivity index (χ0v) is 17.2. The number of ether oxygens (including phenoxy) is 1. The van der Waals surface area contributed by atoms with Crippen LogP contribution in [-0.4, -0.2) is 50.4 Å². The lowest BCUT2D eigenvalue weighted by Gasteiger charge is -2.28. The summed E-state index contributed by atoms with van der Waals surface area (Å²) in [6, 6.07) is 6.52. The molecule has 0 bridgehead atoms. The van der Waals surface area contributed by atoms with Gasteiger partial charge in [-0.3, -0.25) is 0 Å². The topological polar surface area (TPSA) is 84.9 Å². The summed E-state index contributed by atoms with van der Waals surface area (Å²) in [6.45, 7) is 9.96. The lowest BCUT2D eigenvalue weighted by Crippen LogP contribution is -2.49. The van der Waals surface area contributed by atoms with E-state index in [-0.39, 0.29) is 17.3 Å². The number of carbonyl (C=O) groups is 1. The van der Waals surface area contributed by atoms with Crippen molar-refractivity contribution in [1.82, 2.24) is 10.2 Å². The van der Waals surface area contributed by atoms with Gasteiger partial charge in [0, 0.05) is 25.7 Å². The van der Waals surface area contributed by atoms with Crippen molar-refractivity contribution < 1.29 is 22.1 Å². The third-order valence-corrected chi connectivity index (χ3v) is 4.98. The lowest BCUT2D eigenvalue weighted by molar-refractivity contribution is 0.142. The number of hydrogen-bond acceptors (Lipinski definition) is 5. The van der Waals surface area contributed by atoms with E-state index in [4.69, 9.17) is 8.92 Å². The molecule has 2 amide bonds. The van der Waals surface area contributed by atoms with Crippen molar-refractivity contribution in [2.75, 3.05) is 20.3 Å². The Morgan fingerprint density at radius 2 is 1.92 bits per heavy atom. The fourth-order valence-electron chi connectivity index (χ4n) is 2.00. The monoisotopic (exact) mass is 386 g/mol. The molecular formula is C18H30N2O5S. The zero-order chi connectivity index (χ0) is 20.0. The van der Waals surface area contributed by atoms with Crippen LogP contribution in [0, 0.1) is 0 Å². The third-order valence-electron chi connectivity index (χ3n) is 3.40. The van der Waals surface area contributed by atoms with Gasteiger partial charge in [0.2, 0.25) is 0 Å². The number of methoxy groups -OCH3 is 1. The van der Waals surface area contributed by atoms with E-state index in [9.17, 15) is 13.2 Å². The van der Waals surface area contributed by atoms with Gasteiger partial charge in [-0.1, -0.05) is 12.1 Å². The van der Waals surface area contributed by atoms with Crippen molar-refractivity contribution in [3.05, 3.63) is 29.8 Å². The van der Waals surface area contributed by atoms with Gasteiger partial charge in [0.1, 0.15) is 5.75 Å². The summed E-state index contributed by atoms with van der Waals surface area (Å²) >= 11 is 0. The van der Waals surface area contributed by atoms with E-state index in [0.29, 0.717) is 19.7 Å². The van der Waals surface area contributed by atoms with Crippen molar-refractivity contribution in [3.63, 3.8) is 0 Å². The van der Waals surface area contributed by atoms with Gasteiger partial charge in [0.25, 0.3) is 0 Å². The quantitative estimate of drug-likeness (QED) is 0.695. The van der Waals surface area contributed by atoms with Crippen LogP contribution in [0.1, 0.15) is 40.2 Å². The van der Waals surface area contributed by atoms with Crippen molar-refractivity contribution in [1.29, 1.82) is 0 Å². The third kappa shape index (κ3) is 7.61. The van der Waals surface area contributed by atoms with Crippen LogP contribution in [0.5, 0.6) is 5.75 Å². The highest BCUT2D eigenvalue weighted by atomic mass is 32.2. The minimum Gasteiger partial charge on any atom is -0.383 e. The molecule has 0 radical (unpaired) electrons. The standard InChI is InChI=1S/C18H30N2O5S/c1-14(2)26(22,23)25-16-9-7-8-15(12-16)13-20(10-11-24-6)17(21)19-18(3,4)5/h7-9,12,14H,10-11,13H2,1-6H3,(H,19,21). The average molecular weight is 387 g/mol. The van der Waals surface area contributed by atoms with Gasteiger partial charge in [0.05, 0.1) is 11.9 Å². The molecule has 1 rings (SSSR count). The maximum atomic E-state index is 12.5. The number of benzene rings is 1. The van der Waals surface area contributed by atoms with Crippen LogP contribution in [-0.2, 0) is 21.4 Å². The van der Waals surface area contributed by atoms with Gasteiger partial charge < -0.3 is 19.1 Å². The number of rotatable bonds is 8. The molecule has 1 aromatic carbocycles. The summed E-state index contributed by atoms with van der Waals surface area (Å²) in [4.78, 5) is 14.1. The Morgan fingerprint density at radius 1 is 1.27 bits per heavy atom. The highest BCUT2D eigenvalue weighted by Crippen LogP contribution is 2.19. The highest BCUT2D eigenvalue weighted by Gasteiger charge is 2.21. The van der Waals surface area contributed by atoms with Crippen molar-refractivity contribution >= 4 is 16.1 Å². The molecule has 148 valence electrons. The number of nitrogens with zero attached hydrogens (tertiary/aromatic N) is 1. The van der Waals surface area contributed by atoms with Gasteiger partial charge in [-0.05, 0) is 52.3 Å². The van der Waals surface area contributed by atoms with Crippen LogP contribution in [0.15, 0.2) is 24.3 Å². The number of carbonyl (C=O) groups excluding carboxylic acids is 1. The first-order valence-electron chi connectivity index (χ1n) is 8.53. The maximum Gasteiger partial charge on any atom is 0.318 e. The molecule has 7 nitrogen and oxygen atoms in total. The molecule has 0 atom stereocenters. The summed E-state index contributed by atoms with van der Waals surface area (Å²) < 4.78 is 34.1. The fraction of sp³-hybridized carbons (Fsp3) is 0.611. The molecule has 0 spiro atoms. The molecule has 0 saturated carbocycles. The van der Waals surface area contributed by atoms with E-state index in [0.717, 1.165) is 5.56 Å². The zero-order valence-electron chi connectivity index (χ0n) is 16.4. The first-order valence-corrected chi connectivity index (χ1v) is 10.00. The molecule has 0 fully saturated rings. The first-order chi connectivity index (χ1) is 11.9. The van der Waals surface area contributed by atoms with Crippen molar-refractivity contribution in [2.24, 2.45) is 0 Å². The van der Waals surface area contributed by atoms with E-state index < -0.39 is 15.4 Å². The second-order valence-electron chi connectivity index (χ2n) is 7.37. The Bertz CT molecular complexity index is 696. The molecule has 0 unspecified atom stereocenters. The molecular weight excluding hydrogens is 356 g/mol. The largest absolute Gasteiger partial charge is 0.383 e. The molecule has 26 heavy (non-hydrogen) atoms. The highest BCUT2D eigenvalue weighted by molar-refractivity contribution is 7.87. The Kier molecular flexibility index (Phi) is 7.89. The summed E-state index contributed by atoms with van der Waals surface area (Å²) in [5, 5.41) is 2.28. The smallest absolute Gasteiger partial charge is 0.318 e. The fourth-order valence-corrected chi connectivity index (χ4v) is 2.56. The van der Waals surface area contributed by atoms with Gasteiger partial charge in [-0.2, -0.15) is 8.42 Å². The molecule has 1 N–H and O–H groups in total. The van der Waals surface area contributed by atoms with Crippen molar-refractivity contribution in [2.45, 2.75) is 52.0 Å². The van der Waals surface area contributed by atoms with Crippen LogP contribution in [0.2, 0.25) is 0 Å². The van der Waals surface area contributed by atoms with E-state index in [1.165, 1.54) is 0 Å². The van der Waals surface area contributed by atoms with Crippen LogP contribution in [0.4, 0.5) is 4.79 Å². The molecule has 1 aromatic rings. The van der Waals surface area contributed by atoms with E-state index in [1.807, 2.05) is 26.8 Å².